The maximum atomic E-state index is 11.9. The standard InChI is InChI=1S/C20H23NO2/c1-12-14(3)20(21)15(4)13(2)19(12)17(11-18(22)23-5)16-9-7-6-8-10-16/h6-11H,21H2,1-5H3/b17-11+. The summed E-state index contributed by atoms with van der Waals surface area (Å²) in [5, 5.41) is 0. The molecule has 0 bridgehead atoms. The Morgan fingerprint density at radius 1 is 0.957 bits per heavy atom. The molecule has 23 heavy (non-hydrogen) atoms. The fourth-order valence-electron chi connectivity index (χ4n) is 2.84. The molecule has 0 saturated carbocycles. The molecule has 2 aromatic rings. The molecule has 3 nitrogen and oxygen atoms in total. The number of esters is 1. The van der Waals surface area contributed by atoms with Crippen LogP contribution in [0, 0.1) is 27.7 Å². The van der Waals surface area contributed by atoms with Gasteiger partial charge in [-0.1, -0.05) is 30.3 Å². The number of carbonyl (C=O) groups excluding carboxylic acids is 1. The third kappa shape index (κ3) is 3.14. The minimum absolute atomic E-state index is 0.366. The van der Waals surface area contributed by atoms with Crippen LogP contribution in [0.4, 0.5) is 5.69 Å². The van der Waals surface area contributed by atoms with Crippen LogP contribution in [0.15, 0.2) is 36.4 Å². The van der Waals surface area contributed by atoms with Gasteiger partial charge in [-0.3, -0.25) is 0 Å². The van der Waals surface area contributed by atoms with Gasteiger partial charge in [0.2, 0.25) is 0 Å². The molecule has 0 atom stereocenters. The number of anilines is 1. The van der Waals surface area contributed by atoms with Crippen molar-refractivity contribution < 1.29 is 9.53 Å². The molecule has 0 aromatic heterocycles. The van der Waals surface area contributed by atoms with Crippen LogP contribution in [-0.4, -0.2) is 13.1 Å². The number of rotatable bonds is 3. The van der Waals surface area contributed by atoms with Crippen LogP contribution in [0.3, 0.4) is 0 Å². The molecule has 0 aliphatic rings. The van der Waals surface area contributed by atoms with Gasteiger partial charge < -0.3 is 10.5 Å². The molecule has 2 rings (SSSR count). The van der Waals surface area contributed by atoms with E-state index in [9.17, 15) is 4.79 Å². The minimum Gasteiger partial charge on any atom is -0.466 e. The quantitative estimate of drug-likeness (QED) is 0.527. The monoisotopic (exact) mass is 309 g/mol. The maximum absolute atomic E-state index is 11.9. The highest BCUT2D eigenvalue weighted by Gasteiger charge is 2.18. The summed E-state index contributed by atoms with van der Waals surface area (Å²) < 4.78 is 4.85. The summed E-state index contributed by atoms with van der Waals surface area (Å²) >= 11 is 0. The van der Waals surface area contributed by atoms with E-state index < -0.39 is 0 Å². The molecule has 0 unspecified atom stereocenters. The fourth-order valence-corrected chi connectivity index (χ4v) is 2.84. The predicted octanol–water partition coefficient (Wildman–Crippen LogP) is 4.11. The summed E-state index contributed by atoms with van der Waals surface area (Å²) in [7, 11) is 1.39. The zero-order chi connectivity index (χ0) is 17.1. The van der Waals surface area contributed by atoms with Crippen molar-refractivity contribution in [3.8, 4) is 0 Å². The van der Waals surface area contributed by atoms with Crippen molar-refractivity contribution in [2.24, 2.45) is 0 Å². The Labute approximate surface area is 137 Å². The third-order valence-electron chi connectivity index (χ3n) is 4.50. The van der Waals surface area contributed by atoms with Gasteiger partial charge in [-0.15, -0.1) is 0 Å². The Hall–Kier alpha value is -2.55. The average molecular weight is 309 g/mol. The highest BCUT2D eigenvalue weighted by atomic mass is 16.5. The highest BCUT2D eigenvalue weighted by molar-refractivity contribution is 5.98. The molecule has 120 valence electrons. The fraction of sp³-hybridized carbons (Fsp3) is 0.250. The van der Waals surface area contributed by atoms with Crippen LogP contribution in [0.5, 0.6) is 0 Å². The lowest BCUT2D eigenvalue weighted by Gasteiger charge is -2.20. The molecule has 0 fully saturated rings. The summed E-state index contributed by atoms with van der Waals surface area (Å²) in [5.74, 6) is -0.366. The van der Waals surface area contributed by atoms with Gasteiger partial charge in [0.25, 0.3) is 0 Å². The first-order valence-corrected chi connectivity index (χ1v) is 7.59. The van der Waals surface area contributed by atoms with Crippen molar-refractivity contribution in [2.45, 2.75) is 27.7 Å². The van der Waals surface area contributed by atoms with Gasteiger partial charge in [0.05, 0.1) is 7.11 Å². The molecular formula is C20H23NO2. The largest absolute Gasteiger partial charge is 0.466 e. The zero-order valence-electron chi connectivity index (χ0n) is 14.4. The Morgan fingerprint density at radius 3 is 1.96 bits per heavy atom. The van der Waals surface area contributed by atoms with Crippen molar-refractivity contribution >= 4 is 17.2 Å². The topological polar surface area (TPSA) is 52.3 Å². The lowest BCUT2D eigenvalue weighted by molar-refractivity contribution is -0.134. The van der Waals surface area contributed by atoms with Crippen LogP contribution in [0.1, 0.15) is 33.4 Å². The molecular weight excluding hydrogens is 286 g/mol. The lowest BCUT2D eigenvalue weighted by Crippen LogP contribution is -2.07. The van der Waals surface area contributed by atoms with Gasteiger partial charge in [-0.25, -0.2) is 4.79 Å². The number of nitrogens with two attached hydrogens (primary N) is 1. The number of hydrogen-bond donors (Lipinski definition) is 1. The van der Waals surface area contributed by atoms with Gasteiger partial charge in [0, 0.05) is 11.8 Å². The lowest BCUT2D eigenvalue weighted by atomic mass is 9.85. The Balaban J connectivity index is 2.82. The summed E-state index contributed by atoms with van der Waals surface area (Å²) in [6.45, 7) is 8.12. The highest BCUT2D eigenvalue weighted by Crippen LogP contribution is 2.35. The molecule has 2 N–H and O–H groups in total. The number of hydrogen-bond acceptors (Lipinski definition) is 3. The van der Waals surface area contributed by atoms with Crippen LogP contribution < -0.4 is 5.73 Å². The second-order valence-corrected chi connectivity index (χ2v) is 5.74. The van der Waals surface area contributed by atoms with Gasteiger partial charge in [0.1, 0.15) is 0 Å². The summed E-state index contributed by atoms with van der Waals surface area (Å²) in [6.07, 6.45) is 1.56. The molecule has 0 radical (unpaired) electrons. The van der Waals surface area contributed by atoms with Crippen LogP contribution in [0.25, 0.3) is 5.57 Å². The molecule has 0 aliphatic carbocycles. The normalized spacial score (nSPS) is 11.4. The smallest absolute Gasteiger partial charge is 0.331 e. The Morgan fingerprint density at radius 2 is 1.48 bits per heavy atom. The molecule has 2 aromatic carbocycles. The van der Waals surface area contributed by atoms with Crippen molar-refractivity contribution in [2.75, 3.05) is 12.8 Å². The average Bonchev–Trinajstić information content (AvgIpc) is 2.58. The SMILES string of the molecule is COC(=O)/C=C(\c1ccccc1)c1c(C)c(C)c(N)c(C)c1C. The Kier molecular flexibility index (Phi) is 4.89. The van der Waals surface area contributed by atoms with Crippen LogP contribution in [-0.2, 0) is 9.53 Å². The van der Waals surface area contributed by atoms with Crippen molar-refractivity contribution in [1.29, 1.82) is 0 Å². The summed E-state index contributed by atoms with van der Waals surface area (Å²) in [6, 6.07) is 9.87. The van der Waals surface area contributed by atoms with Crippen LogP contribution in [0.2, 0.25) is 0 Å². The second kappa shape index (κ2) is 6.69. The number of nitrogen functional groups attached to an aromatic ring is 1. The van der Waals surface area contributed by atoms with Crippen LogP contribution >= 0.6 is 0 Å². The first kappa shape index (κ1) is 16.8. The number of ether oxygens (including phenoxy) is 1. The molecule has 0 amide bonds. The van der Waals surface area contributed by atoms with E-state index in [0.717, 1.165) is 44.6 Å². The molecule has 0 heterocycles. The van der Waals surface area contributed by atoms with E-state index >= 15 is 0 Å². The maximum Gasteiger partial charge on any atom is 0.331 e. The summed E-state index contributed by atoms with van der Waals surface area (Å²) in [4.78, 5) is 11.9. The first-order valence-electron chi connectivity index (χ1n) is 7.59. The zero-order valence-corrected chi connectivity index (χ0v) is 14.4. The third-order valence-corrected chi connectivity index (χ3v) is 4.50. The van der Waals surface area contributed by atoms with Gasteiger partial charge in [-0.05, 0) is 66.6 Å². The Bertz CT molecular complexity index is 745. The number of carbonyl (C=O) groups is 1. The first-order chi connectivity index (χ1) is 10.9. The van der Waals surface area contributed by atoms with Gasteiger partial charge in [-0.2, -0.15) is 0 Å². The summed E-state index contributed by atoms with van der Waals surface area (Å²) in [5.41, 5.74) is 14.2. The van der Waals surface area contributed by atoms with Crippen molar-refractivity contribution in [3.63, 3.8) is 0 Å². The second-order valence-electron chi connectivity index (χ2n) is 5.74. The van der Waals surface area contributed by atoms with E-state index in [1.807, 2.05) is 58.0 Å². The van der Waals surface area contributed by atoms with E-state index in [4.69, 9.17) is 10.5 Å². The van der Waals surface area contributed by atoms with E-state index in [0.29, 0.717) is 0 Å². The van der Waals surface area contributed by atoms with Crippen molar-refractivity contribution in [3.05, 3.63) is 69.8 Å². The number of benzene rings is 2. The van der Waals surface area contributed by atoms with E-state index in [2.05, 4.69) is 0 Å². The van der Waals surface area contributed by atoms with Gasteiger partial charge in [0.15, 0.2) is 0 Å². The van der Waals surface area contributed by atoms with E-state index in [1.165, 1.54) is 7.11 Å². The van der Waals surface area contributed by atoms with Gasteiger partial charge >= 0.3 is 5.97 Å². The molecule has 0 saturated heterocycles. The molecule has 0 aliphatic heterocycles. The predicted molar refractivity (Wildman–Crippen MR) is 95.3 cm³/mol. The van der Waals surface area contributed by atoms with Crippen molar-refractivity contribution in [1.82, 2.24) is 0 Å². The van der Waals surface area contributed by atoms with E-state index in [-0.39, 0.29) is 5.97 Å². The van der Waals surface area contributed by atoms with E-state index in [1.54, 1.807) is 6.08 Å². The minimum atomic E-state index is -0.366. The molecule has 3 heteroatoms. The number of methoxy groups -OCH3 is 1. The molecule has 0 spiro atoms.